The molecule has 0 bridgehead atoms. The zero-order chi connectivity index (χ0) is 17.4. The van der Waals surface area contributed by atoms with E-state index in [4.69, 9.17) is 11.5 Å². The average molecular weight is 338 g/mol. The summed E-state index contributed by atoms with van der Waals surface area (Å²) in [6, 6.07) is 2.47. The fourth-order valence-corrected chi connectivity index (χ4v) is 1.62. The van der Waals surface area contributed by atoms with Gasteiger partial charge >= 0.3 is 12.4 Å². The third-order valence-electron chi connectivity index (χ3n) is 2.67. The summed E-state index contributed by atoms with van der Waals surface area (Å²) in [6.45, 7) is 0. The highest BCUT2D eigenvalue weighted by Crippen LogP contribution is 2.43. The van der Waals surface area contributed by atoms with Crippen molar-refractivity contribution < 1.29 is 26.3 Å². The summed E-state index contributed by atoms with van der Waals surface area (Å²) in [4.78, 5) is 0. The molecule has 6 nitrogen and oxygen atoms in total. The summed E-state index contributed by atoms with van der Waals surface area (Å²) in [6.07, 6.45) is -9.56. The number of nitrogens with zero attached hydrogens (tertiary/aromatic N) is 3. The summed E-state index contributed by atoms with van der Waals surface area (Å²) in [5.41, 5.74) is 6.31. The van der Waals surface area contributed by atoms with Gasteiger partial charge in [-0.15, -0.1) is 10.2 Å². The molecule has 0 amide bonds. The molecule has 1 aromatic heterocycles. The van der Waals surface area contributed by atoms with Crippen LogP contribution in [0.15, 0.2) is 28.4 Å². The second-order valence-corrected chi connectivity index (χ2v) is 4.30. The fraction of sp³-hybridized carbons (Fsp3) is 0.182. The first-order valence-electron chi connectivity index (χ1n) is 5.79. The predicted octanol–water partition coefficient (Wildman–Crippen LogP) is 4.03. The van der Waals surface area contributed by atoms with Gasteiger partial charge in [0.25, 0.3) is 0 Å². The van der Waals surface area contributed by atoms with E-state index in [0.717, 1.165) is 12.1 Å². The maximum atomic E-state index is 13.0. The first kappa shape index (κ1) is 16.6. The molecule has 0 saturated heterocycles. The van der Waals surface area contributed by atoms with E-state index in [1.165, 1.54) is 0 Å². The number of azo groups is 1. The van der Waals surface area contributed by atoms with Gasteiger partial charge in [0.05, 0.1) is 11.4 Å². The summed E-state index contributed by atoms with van der Waals surface area (Å²) in [5.74, 6) is -0.541. The molecule has 0 aliphatic carbocycles. The number of benzene rings is 1. The number of anilines is 2. The van der Waals surface area contributed by atoms with Crippen molar-refractivity contribution in [1.29, 1.82) is 0 Å². The van der Waals surface area contributed by atoms with Gasteiger partial charge < -0.3 is 11.5 Å². The highest BCUT2D eigenvalue weighted by molar-refractivity contribution is 5.75. The van der Waals surface area contributed by atoms with E-state index in [9.17, 15) is 26.3 Å². The molecule has 124 valence electrons. The van der Waals surface area contributed by atoms with Gasteiger partial charge in [-0.25, -0.2) is 0 Å². The number of nitrogens with one attached hydrogen (secondary N) is 1. The third-order valence-corrected chi connectivity index (χ3v) is 2.67. The molecule has 0 aliphatic heterocycles. The van der Waals surface area contributed by atoms with E-state index in [2.05, 4.69) is 15.3 Å². The van der Waals surface area contributed by atoms with Crippen LogP contribution in [0.5, 0.6) is 0 Å². The normalized spacial score (nSPS) is 13.0. The van der Waals surface area contributed by atoms with E-state index in [-0.39, 0.29) is 5.69 Å². The molecule has 0 fully saturated rings. The lowest BCUT2D eigenvalue weighted by Gasteiger charge is -2.13. The maximum absolute atomic E-state index is 13.0. The Labute approximate surface area is 124 Å². The van der Waals surface area contributed by atoms with Gasteiger partial charge in [-0.1, -0.05) is 0 Å². The fourth-order valence-electron chi connectivity index (χ4n) is 1.62. The first-order chi connectivity index (χ1) is 10.5. The number of alkyl halides is 6. The Morgan fingerprint density at radius 2 is 1.61 bits per heavy atom. The van der Waals surface area contributed by atoms with Crippen LogP contribution in [0.1, 0.15) is 11.3 Å². The van der Waals surface area contributed by atoms with Crippen LogP contribution in [0, 0.1) is 0 Å². The van der Waals surface area contributed by atoms with Gasteiger partial charge in [-0.2, -0.15) is 31.4 Å². The molecule has 0 atom stereocenters. The van der Waals surface area contributed by atoms with Crippen molar-refractivity contribution in [2.75, 3.05) is 11.5 Å². The number of H-pyrrole nitrogens is 1. The van der Waals surface area contributed by atoms with Crippen LogP contribution in [-0.2, 0) is 12.4 Å². The molecule has 0 aliphatic rings. The summed E-state index contributed by atoms with van der Waals surface area (Å²) < 4.78 is 76.0. The Morgan fingerprint density at radius 1 is 0.957 bits per heavy atom. The predicted molar refractivity (Wildman–Crippen MR) is 68.0 cm³/mol. The number of hydrogen-bond donors (Lipinski definition) is 3. The minimum atomic E-state index is -4.86. The molecule has 2 rings (SSSR count). The van der Waals surface area contributed by atoms with E-state index >= 15 is 0 Å². The number of rotatable bonds is 2. The molecule has 1 aromatic carbocycles. The number of aromatic amines is 1. The minimum absolute atomic E-state index is 0.310. The highest BCUT2D eigenvalue weighted by atomic mass is 19.4. The topological polar surface area (TPSA) is 105 Å². The van der Waals surface area contributed by atoms with Crippen LogP contribution in [0.4, 0.5) is 49.2 Å². The standard InChI is InChI=1S/C11H8F6N6/c12-10(13,14)6-3-7(23-21-6)22-20-5-2-1-4(18)9(19)8(5)11(15,16)17/h1-3H,18-19H2,(H,21,23). The molecule has 23 heavy (non-hydrogen) atoms. The number of aromatic nitrogens is 2. The summed E-state index contributed by atoms with van der Waals surface area (Å²) in [7, 11) is 0. The highest BCUT2D eigenvalue weighted by Gasteiger charge is 2.37. The number of nitrogens with two attached hydrogens (primary N) is 2. The Kier molecular flexibility index (Phi) is 3.92. The molecular formula is C11H8F6N6. The summed E-state index contributed by atoms with van der Waals surface area (Å²) >= 11 is 0. The van der Waals surface area contributed by atoms with E-state index in [1.54, 1.807) is 5.10 Å². The molecule has 12 heteroatoms. The molecule has 0 saturated carbocycles. The van der Waals surface area contributed by atoms with Crippen molar-refractivity contribution in [3.8, 4) is 0 Å². The number of nitrogen functional groups attached to an aromatic ring is 2. The van der Waals surface area contributed by atoms with Crippen LogP contribution in [0.2, 0.25) is 0 Å². The second kappa shape index (κ2) is 5.44. The Balaban J connectivity index is 2.41. The van der Waals surface area contributed by atoms with Gasteiger partial charge in [-0.05, 0) is 12.1 Å². The first-order valence-corrected chi connectivity index (χ1v) is 5.79. The molecular weight excluding hydrogens is 330 g/mol. The van der Waals surface area contributed by atoms with Crippen molar-refractivity contribution >= 4 is 22.9 Å². The molecule has 5 N–H and O–H groups in total. The lowest BCUT2D eigenvalue weighted by molar-refractivity contribution is -0.141. The van der Waals surface area contributed by atoms with E-state index in [0.29, 0.717) is 6.07 Å². The minimum Gasteiger partial charge on any atom is -0.397 e. The lowest BCUT2D eigenvalue weighted by Crippen LogP contribution is -2.11. The molecule has 1 heterocycles. The zero-order valence-corrected chi connectivity index (χ0v) is 11.0. The van der Waals surface area contributed by atoms with Crippen LogP contribution < -0.4 is 11.5 Å². The molecule has 0 spiro atoms. The maximum Gasteiger partial charge on any atom is 0.432 e. The number of hydrogen-bond acceptors (Lipinski definition) is 5. The van der Waals surface area contributed by atoms with Gasteiger partial charge in [0.15, 0.2) is 5.82 Å². The van der Waals surface area contributed by atoms with E-state index < -0.39 is 40.8 Å². The summed E-state index contributed by atoms with van der Waals surface area (Å²) in [5, 5.41) is 11.3. The molecule has 0 radical (unpaired) electrons. The van der Waals surface area contributed by atoms with Crippen molar-refractivity contribution in [3.05, 3.63) is 29.5 Å². The van der Waals surface area contributed by atoms with Crippen molar-refractivity contribution in [1.82, 2.24) is 10.2 Å². The van der Waals surface area contributed by atoms with Crippen molar-refractivity contribution in [2.45, 2.75) is 12.4 Å². The van der Waals surface area contributed by atoms with Gasteiger partial charge in [-0.3, -0.25) is 5.10 Å². The number of halogens is 6. The second-order valence-electron chi connectivity index (χ2n) is 4.30. The van der Waals surface area contributed by atoms with E-state index in [1.807, 2.05) is 0 Å². The van der Waals surface area contributed by atoms with Crippen LogP contribution >= 0.6 is 0 Å². The third kappa shape index (κ3) is 3.52. The quantitative estimate of drug-likeness (QED) is 0.437. The Hall–Kier alpha value is -2.79. The van der Waals surface area contributed by atoms with Gasteiger partial charge in [0, 0.05) is 6.07 Å². The van der Waals surface area contributed by atoms with Crippen LogP contribution in [0.25, 0.3) is 0 Å². The lowest BCUT2D eigenvalue weighted by atomic mass is 10.1. The Bertz CT molecular complexity index is 744. The van der Waals surface area contributed by atoms with Gasteiger partial charge in [0.2, 0.25) is 0 Å². The van der Waals surface area contributed by atoms with Crippen molar-refractivity contribution in [2.24, 2.45) is 10.2 Å². The molecule has 0 unspecified atom stereocenters. The van der Waals surface area contributed by atoms with Gasteiger partial charge in [0.1, 0.15) is 16.9 Å². The molecule has 2 aromatic rings. The van der Waals surface area contributed by atoms with Crippen LogP contribution in [0.3, 0.4) is 0 Å². The van der Waals surface area contributed by atoms with Crippen molar-refractivity contribution in [3.63, 3.8) is 0 Å². The average Bonchev–Trinajstić information content (AvgIpc) is 2.87. The zero-order valence-electron chi connectivity index (χ0n) is 11.0. The Morgan fingerprint density at radius 3 is 2.13 bits per heavy atom. The SMILES string of the molecule is Nc1ccc(N=Nc2cc(C(F)(F)F)[nH]n2)c(C(F)(F)F)c1N. The van der Waals surface area contributed by atoms with Crippen LogP contribution in [-0.4, -0.2) is 10.2 Å². The largest absolute Gasteiger partial charge is 0.432 e. The smallest absolute Gasteiger partial charge is 0.397 e. The monoisotopic (exact) mass is 338 g/mol.